The van der Waals surface area contributed by atoms with Gasteiger partial charge in [-0.3, -0.25) is 14.6 Å². The number of aliphatic carboxylic acids is 1. The molecule has 0 aromatic carbocycles. The van der Waals surface area contributed by atoms with Crippen molar-refractivity contribution in [2.75, 3.05) is 13.1 Å². The average Bonchev–Trinajstić information content (AvgIpc) is 2.28. The molecule has 1 amide bonds. The van der Waals surface area contributed by atoms with E-state index in [2.05, 4.69) is 9.97 Å². The molecule has 92 valence electrons. The summed E-state index contributed by atoms with van der Waals surface area (Å²) in [6.07, 6.45) is 3.54. The van der Waals surface area contributed by atoms with Crippen LogP contribution < -0.4 is 0 Å². The smallest absolute Gasteiger partial charge is 0.323 e. The summed E-state index contributed by atoms with van der Waals surface area (Å²) in [4.78, 5) is 31.7. The summed E-state index contributed by atoms with van der Waals surface area (Å²) in [5, 5.41) is 8.72. The first-order valence-electron chi connectivity index (χ1n) is 5.34. The Morgan fingerprint density at radius 3 is 2.53 bits per heavy atom. The fourth-order valence-electron chi connectivity index (χ4n) is 1.35. The third-order valence-electron chi connectivity index (χ3n) is 2.11. The van der Waals surface area contributed by atoms with E-state index < -0.39 is 11.9 Å². The maximum absolute atomic E-state index is 11.9. The number of hydrogen-bond donors (Lipinski definition) is 1. The minimum Gasteiger partial charge on any atom is -0.480 e. The quantitative estimate of drug-likeness (QED) is 0.815. The molecule has 0 aliphatic heterocycles. The summed E-state index contributed by atoms with van der Waals surface area (Å²) in [6, 6.07) is 0. The van der Waals surface area contributed by atoms with Gasteiger partial charge in [-0.25, -0.2) is 4.98 Å². The molecule has 1 aromatic heterocycles. The summed E-state index contributed by atoms with van der Waals surface area (Å²) in [5.74, 6) is -1.44. The first-order valence-corrected chi connectivity index (χ1v) is 5.34. The zero-order chi connectivity index (χ0) is 12.8. The van der Waals surface area contributed by atoms with Crippen molar-refractivity contribution in [1.29, 1.82) is 0 Å². The van der Waals surface area contributed by atoms with Crippen LogP contribution in [0.25, 0.3) is 0 Å². The molecule has 0 bridgehead atoms. The number of aromatic nitrogens is 2. The fourth-order valence-corrected chi connectivity index (χ4v) is 1.35. The van der Waals surface area contributed by atoms with E-state index in [1.165, 1.54) is 17.3 Å². The standard InChI is InChI=1S/C11H15N3O3/c1-3-4-14(7-10(15)16)11(17)9-6-12-8(2)5-13-9/h5-6H,3-4,7H2,1-2H3,(H,15,16). The number of nitrogens with zero attached hydrogens (tertiary/aromatic N) is 3. The summed E-state index contributed by atoms with van der Waals surface area (Å²) in [6.45, 7) is 3.72. The average molecular weight is 237 g/mol. The van der Waals surface area contributed by atoms with Crippen LogP contribution in [0.3, 0.4) is 0 Å². The molecular formula is C11H15N3O3. The maximum Gasteiger partial charge on any atom is 0.323 e. The molecule has 6 heteroatoms. The molecule has 6 nitrogen and oxygen atoms in total. The van der Waals surface area contributed by atoms with E-state index in [-0.39, 0.29) is 12.2 Å². The lowest BCUT2D eigenvalue weighted by Gasteiger charge is -2.19. The molecule has 0 saturated heterocycles. The predicted octanol–water partition coefficient (Wildman–Crippen LogP) is 0.722. The number of carboxylic acid groups (broad SMARTS) is 1. The van der Waals surface area contributed by atoms with Gasteiger partial charge in [0.1, 0.15) is 12.2 Å². The van der Waals surface area contributed by atoms with Crippen LogP contribution in [-0.4, -0.2) is 44.9 Å². The van der Waals surface area contributed by atoms with Crippen LogP contribution in [0, 0.1) is 6.92 Å². The van der Waals surface area contributed by atoms with Crippen LogP contribution in [0.4, 0.5) is 0 Å². The van der Waals surface area contributed by atoms with Gasteiger partial charge in [-0.1, -0.05) is 6.92 Å². The number of carbonyl (C=O) groups is 2. The number of amides is 1. The van der Waals surface area contributed by atoms with Crippen LogP contribution in [-0.2, 0) is 4.79 Å². The first kappa shape index (κ1) is 13.1. The molecule has 0 aliphatic carbocycles. The van der Waals surface area contributed by atoms with Crippen LogP contribution in [0.15, 0.2) is 12.4 Å². The molecule has 0 spiro atoms. The number of carbonyl (C=O) groups excluding carboxylic acids is 1. The zero-order valence-electron chi connectivity index (χ0n) is 9.88. The van der Waals surface area contributed by atoms with E-state index in [0.29, 0.717) is 18.7 Å². The van der Waals surface area contributed by atoms with Crippen molar-refractivity contribution < 1.29 is 14.7 Å². The highest BCUT2D eigenvalue weighted by Crippen LogP contribution is 2.02. The van der Waals surface area contributed by atoms with Gasteiger partial charge < -0.3 is 10.0 Å². The fraction of sp³-hybridized carbons (Fsp3) is 0.455. The summed E-state index contributed by atoms with van der Waals surface area (Å²) >= 11 is 0. The second kappa shape index (κ2) is 5.93. The number of aryl methyl sites for hydroxylation is 1. The Kier molecular flexibility index (Phi) is 4.56. The second-order valence-corrected chi connectivity index (χ2v) is 3.66. The first-order chi connectivity index (χ1) is 8.04. The van der Waals surface area contributed by atoms with Crippen LogP contribution in [0.2, 0.25) is 0 Å². The maximum atomic E-state index is 11.9. The minimum atomic E-state index is -1.04. The number of carboxylic acids is 1. The van der Waals surface area contributed by atoms with E-state index in [1.54, 1.807) is 6.92 Å². The van der Waals surface area contributed by atoms with Gasteiger partial charge in [0.05, 0.1) is 11.9 Å². The molecular weight excluding hydrogens is 222 g/mol. The highest BCUT2D eigenvalue weighted by atomic mass is 16.4. The van der Waals surface area contributed by atoms with Crippen LogP contribution >= 0.6 is 0 Å². The molecule has 0 atom stereocenters. The Labute approximate surface area is 99.3 Å². The molecule has 1 rings (SSSR count). The molecule has 1 heterocycles. The lowest BCUT2D eigenvalue weighted by atomic mass is 10.3. The van der Waals surface area contributed by atoms with Gasteiger partial charge >= 0.3 is 5.97 Å². The van der Waals surface area contributed by atoms with Crippen molar-refractivity contribution in [3.8, 4) is 0 Å². The third-order valence-corrected chi connectivity index (χ3v) is 2.11. The van der Waals surface area contributed by atoms with Crippen molar-refractivity contribution >= 4 is 11.9 Å². The highest BCUT2D eigenvalue weighted by molar-refractivity contribution is 5.93. The molecule has 0 saturated carbocycles. The lowest BCUT2D eigenvalue weighted by Crippen LogP contribution is -2.36. The SMILES string of the molecule is CCCN(CC(=O)O)C(=O)c1cnc(C)cn1. The summed E-state index contributed by atoms with van der Waals surface area (Å²) in [5.41, 5.74) is 0.882. The second-order valence-electron chi connectivity index (χ2n) is 3.66. The van der Waals surface area contributed by atoms with E-state index in [0.717, 1.165) is 0 Å². The van der Waals surface area contributed by atoms with Gasteiger partial charge in [-0.15, -0.1) is 0 Å². The summed E-state index contributed by atoms with van der Waals surface area (Å²) < 4.78 is 0. The molecule has 0 fully saturated rings. The Morgan fingerprint density at radius 2 is 2.06 bits per heavy atom. The van der Waals surface area contributed by atoms with Crippen molar-refractivity contribution in [2.24, 2.45) is 0 Å². The molecule has 0 unspecified atom stereocenters. The van der Waals surface area contributed by atoms with Gasteiger partial charge in [0.25, 0.3) is 5.91 Å². The monoisotopic (exact) mass is 237 g/mol. The van der Waals surface area contributed by atoms with Gasteiger partial charge in [0.15, 0.2) is 0 Å². The number of rotatable bonds is 5. The molecule has 1 N–H and O–H groups in total. The normalized spacial score (nSPS) is 10.0. The van der Waals surface area contributed by atoms with Crippen molar-refractivity contribution in [2.45, 2.75) is 20.3 Å². The molecule has 1 aromatic rings. The van der Waals surface area contributed by atoms with Crippen molar-refractivity contribution in [1.82, 2.24) is 14.9 Å². The Balaban J connectivity index is 2.83. The van der Waals surface area contributed by atoms with Gasteiger partial charge in [-0.05, 0) is 13.3 Å². The van der Waals surface area contributed by atoms with E-state index >= 15 is 0 Å². The van der Waals surface area contributed by atoms with Gasteiger partial charge in [0, 0.05) is 12.7 Å². The predicted molar refractivity (Wildman–Crippen MR) is 60.6 cm³/mol. The largest absolute Gasteiger partial charge is 0.480 e. The Hall–Kier alpha value is -1.98. The van der Waals surface area contributed by atoms with E-state index in [1.807, 2.05) is 6.92 Å². The molecule has 17 heavy (non-hydrogen) atoms. The summed E-state index contributed by atoms with van der Waals surface area (Å²) in [7, 11) is 0. The molecule has 0 aliphatic rings. The molecule has 0 radical (unpaired) electrons. The van der Waals surface area contributed by atoms with Gasteiger partial charge in [-0.2, -0.15) is 0 Å². The highest BCUT2D eigenvalue weighted by Gasteiger charge is 2.18. The van der Waals surface area contributed by atoms with Crippen LogP contribution in [0.5, 0.6) is 0 Å². The number of hydrogen-bond acceptors (Lipinski definition) is 4. The minimum absolute atomic E-state index is 0.172. The Morgan fingerprint density at radius 1 is 1.35 bits per heavy atom. The van der Waals surface area contributed by atoms with E-state index in [4.69, 9.17) is 5.11 Å². The van der Waals surface area contributed by atoms with Gasteiger partial charge in [0.2, 0.25) is 0 Å². The Bertz CT molecular complexity index is 403. The van der Waals surface area contributed by atoms with Crippen LogP contribution in [0.1, 0.15) is 29.5 Å². The van der Waals surface area contributed by atoms with Crippen molar-refractivity contribution in [3.05, 3.63) is 23.8 Å². The van der Waals surface area contributed by atoms with Crippen molar-refractivity contribution in [3.63, 3.8) is 0 Å². The zero-order valence-corrected chi connectivity index (χ0v) is 9.88. The van der Waals surface area contributed by atoms with E-state index in [9.17, 15) is 9.59 Å². The third kappa shape index (κ3) is 3.82. The topological polar surface area (TPSA) is 83.4 Å². The lowest BCUT2D eigenvalue weighted by molar-refractivity contribution is -0.137.